The zero-order valence-corrected chi connectivity index (χ0v) is 21.7. The van der Waals surface area contributed by atoms with Crippen LogP contribution in [0.25, 0.3) is 0 Å². The maximum Gasteiger partial charge on any atom is 0.349 e. The van der Waals surface area contributed by atoms with E-state index in [0.717, 1.165) is 24.8 Å². The summed E-state index contributed by atoms with van der Waals surface area (Å²) in [4.78, 5) is 25.0. The van der Waals surface area contributed by atoms with E-state index in [9.17, 15) is 9.59 Å². The smallest absolute Gasteiger partial charge is 0.349 e. The van der Waals surface area contributed by atoms with E-state index in [1.807, 2.05) is 36.4 Å². The quantitative estimate of drug-likeness (QED) is 0.232. The van der Waals surface area contributed by atoms with Gasteiger partial charge in [-0.15, -0.1) is 0 Å². The largest absolute Gasteiger partial charge is 0.495 e. The lowest BCUT2D eigenvalue weighted by atomic mass is 9.99. The molecule has 2 amide bonds. The van der Waals surface area contributed by atoms with E-state index in [1.165, 1.54) is 19.3 Å². The van der Waals surface area contributed by atoms with Crippen LogP contribution >= 0.6 is 0 Å². The SMILES string of the molecule is CCCCCCCC(NC(=O)Nc1ccccc1OC)c1ccc(OC(C)(C)C(=O)OCC)cc1. The molecule has 1 unspecified atom stereocenters. The third-order valence-corrected chi connectivity index (χ3v) is 5.68. The first kappa shape index (κ1) is 28.0. The number of hydrogen-bond donors (Lipinski definition) is 2. The minimum Gasteiger partial charge on any atom is -0.495 e. The summed E-state index contributed by atoms with van der Waals surface area (Å²) in [5, 5.41) is 5.99. The van der Waals surface area contributed by atoms with Crippen LogP contribution in [0.1, 0.15) is 77.8 Å². The van der Waals surface area contributed by atoms with Gasteiger partial charge in [0.15, 0.2) is 5.60 Å². The van der Waals surface area contributed by atoms with E-state index in [0.29, 0.717) is 23.8 Å². The second-order valence-electron chi connectivity index (χ2n) is 8.96. The molecule has 0 heterocycles. The zero-order valence-electron chi connectivity index (χ0n) is 21.7. The van der Waals surface area contributed by atoms with Gasteiger partial charge in [-0.1, -0.05) is 63.3 Å². The molecule has 1 atom stereocenters. The van der Waals surface area contributed by atoms with Crippen LogP contribution in [0.2, 0.25) is 0 Å². The third kappa shape index (κ3) is 9.15. The van der Waals surface area contributed by atoms with E-state index < -0.39 is 11.6 Å². The molecule has 2 rings (SSSR count). The minimum absolute atomic E-state index is 0.168. The molecule has 2 aromatic carbocycles. The number of anilines is 1. The van der Waals surface area contributed by atoms with Gasteiger partial charge >= 0.3 is 12.0 Å². The first-order chi connectivity index (χ1) is 16.8. The molecular weight excluding hydrogens is 444 g/mol. The van der Waals surface area contributed by atoms with Gasteiger partial charge in [-0.25, -0.2) is 9.59 Å². The van der Waals surface area contributed by atoms with Crippen LogP contribution in [0.3, 0.4) is 0 Å². The van der Waals surface area contributed by atoms with Crippen LogP contribution in [-0.2, 0) is 9.53 Å². The average molecular weight is 485 g/mol. The van der Waals surface area contributed by atoms with Crippen molar-refractivity contribution < 1.29 is 23.8 Å². The Balaban J connectivity index is 2.10. The topological polar surface area (TPSA) is 85.9 Å². The van der Waals surface area contributed by atoms with Crippen molar-refractivity contribution in [1.29, 1.82) is 0 Å². The van der Waals surface area contributed by atoms with E-state index in [-0.39, 0.29) is 12.1 Å². The van der Waals surface area contributed by atoms with Crippen molar-refractivity contribution in [3.8, 4) is 11.5 Å². The molecule has 0 spiro atoms. The average Bonchev–Trinajstić information content (AvgIpc) is 2.84. The lowest BCUT2D eigenvalue weighted by Crippen LogP contribution is -2.39. The molecule has 2 N–H and O–H groups in total. The van der Waals surface area contributed by atoms with Gasteiger partial charge in [-0.2, -0.15) is 0 Å². The number of carbonyl (C=O) groups excluding carboxylic acids is 2. The van der Waals surface area contributed by atoms with Crippen LogP contribution in [0.4, 0.5) is 10.5 Å². The van der Waals surface area contributed by atoms with Gasteiger partial charge in [0.2, 0.25) is 0 Å². The standard InChI is InChI=1S/C28H40N2O5/c1-6-8-9-10-11-14-23(29-27(32)30-24-15-12-13-16-25(24)33-5)21-17-19-22(20-18-21)35-28(3,4)26(31)34-7-2/h12-13,15-20,23H,6-11,14H2,1-5H3,(H2,29,30,32). The number of unbranched alkanes of at least 4 members (excludes halogenated alkanes) is 4. The number of amides is 2. The fourth-order valence-electron chi connectivity index (χ4n) is 3.75. The summed E-state index contributed by atoms with van der Waals surface area (Å²) in [5.41, 5.74) is 0.486. The molecule has 0 fully saturated rings. The molecule has 0 radical (unpaired) electrons. The predicted molar refractivity (Wildman–Crippen MR) is 139 cm³/mol. The van der Waals surface area contributed by atoms with Crippen LogP contribution in [-0.4, -0.2) is 31.3 Å². The number of carbonyl (C=O) groups is 2. The van der Waals surface area contributed by atoms with Crippen molar-refractivity contribution in [2.45, 2.75) is 77.9 Å². The number of methoxy groups -OCH3 is 1. The summed E-state index contributed by atoms with van der Waals surface area (Å²) < 4.78 is 16.3. The highest BCUT2D eigenvalue weighted by Gasteiger charge is 2.31. The monoisotopic (exact) mass is 484 g/mol. The molecule has 0 saturated carbocycles. The Hall–Kier alpha value is -3.22. The molecule has 0 aromatic heterocycles. The molecule has 192 valence electrons. The number of urea groups is 1. The van der Waals surface area contributed by atoms with Gasteiger partial charge in [0.1, 0.15) is 11.5 Å². The van der Waals surface area contributed by atoms with Crippen LogP contribution in [0.15, 0.2) is 48.5 Å². The maximum absolute atomic E-state index is 12.8. The normalized spacial score (nSPS) is 11.9. The second-order valence-corrected chi connectivity index (χ2v) is 8.96. The Kier molecular flexibility index (Phi) is 11.4. The lowest BCUT2D eigenvalue weighted by Gasteiger charge is -2.25. The highest BCUT2D eigenvalue weighted by molar-refractivity contribution is 5.91. The Morgan fingerprint density at radius 2 is 1.63 bits per heavy atom. The molecule has 0 aliphatic heterocycles. The van der Waals surface area contributed by atoms with Gasteiger partial charge in [0.05, 0.1) is 25.4 Å². The van der Waals surface area contributed by atoms with Gasteiger partial charge in [0, 0.05) is 0 Å². The molecule has 2 aromatic rings. The van der Waals surface area contributed by atoms with Crippen molar-refractivity contribution >= 4 is 17.7 Å². The molecule has 0 aliphatic carbocycles. The molecule has 0 aliphatic rings. The fourth-order valence-corrected chi connectivity index (χ4v) is 3.75. The maximum atomic E-state index is 12.8. The highest BCUT2D eigenvalue weighted by Crippen LogP contribution is 2.27. The van der Waals surface area contributed by atoms with Crippen LogP contribution in [0.5, 0.6) is 11.5 Å². The Labute approximate surface area is 209 Å². The third-order valence-electron chi connectivity index (χ3n) is 5.68. The van der Waals surface area contributed by atoms with E-state index in [2.05, 4.69) is 17.6 Å². The van der Waals surface area contributed by atoms with Gasteiger partial charge in [-0.3, -0.25) is 0 Å². The summed E-state index contributed by atoms with van der Waals surface area (Å²) in [7, 11) is 1.57. The Morgan fingerprint density at radius 1 is 0.943 bits per heavy atom. The summed E-state index contributed by atoms with van der Waals surface area (Å²) in [6, 6.07) is 14.3. The van der Waals surface area contributed by atoms with E-state index in [4.69, 9.17) is 14.2 Å². The van der Waals surface area contributed by atoms with Crippen molar-refractivity contribution in [1.82, 2.24) is 5.32 Å². The first-order valence-electron chi connectivity index (χ1n) is 12.5. The number of esters is 1. The van der Waals surface area contributed by atoms with Crippen molar-refractivity contribution in [2.75, 3.05) is 19.0 Å². The minimum atomic E-state index is -1.09. The molecular formula is C28H40N2O5. The molecule has 0 bridgehead atoms. The predicted octanol–water partition coefficient (Wildman–Crippen LogP) is 6.64. The highest BCUT2D eigenvalue weighted by atomic mass is 16.6. The van der Waals surface area contributed by atoms with E-state index >= 15 is 0 Å². The number of benzene rings is 2. The fraction of sp³-hybridized carbons (Fsp3) is 0.500. The number of para-hydroxylation sites is 2. The van der Waals surface area contributed by atoms with Crippen LogP contribution < -0.4 is 20.1 Å². The molecule has 35 heavy (non-hydrogen) atoms. The van der Waals surface area contributed by atoms with Crippen molar-refractivity contribution in [3.63, 3.8) is 0 Å². The summed E-state index contributed by atoms with van der Waals surface area (Å²) in [5.74, 6) is 0.750. The summed E-state index contributed by atoms with van der Waals surface area (Å²) in [6.45, 7) is 7.62. The number of nitrogens with one attached hydrogen (secondary N) is 2. The molecule has 7 nitrogen and oxygen atoms in total. The van der Waals surface area contributed by atoms with E-state index in [1.54, 1.807) is 40.0 Å². The second kappa shape index (κ2) is 14.2. The number of ether oxygens (including phenoxy) is 3. The van der Waals surface area contributed by atoms with Gasteiger partial charge < -0.3 is 24.8 Å². The zero-order chi connectivity index (χ0) is 25.7. The first-order valence-corrected chi connectivity index (χ1v) is 12.5. The van der Waals surface area contributed by atoms with Gasteiger partial charge in [-0.05, 0) is 57.0 Å². The molecule has 0 saturated heterocycles. The lowest BCUT2D eigenvalue weighted by molar-refractivity contribution is -0.158. The Bertz CT molecular complexity index is 927. The Morgan fingerprint density at radius 3 is 2.29 bits per heavy atom. The number of hydrogen-bond acceptors (Lipinski definition) is 5. The van der Waals surface area contributed by atoms with Crippen LogP contribution in [0, 0.1) is 0 Å². The van der Waals surface area contributed by atoms with Crippen molar-refractivity contribution in [2.24, 2.45) is 0 Å². The van der Waals surface area contributed by atoms with Gasteiger partial charge in [0.25, 0.3) is 0 Å². The molecule has 7 heteroatoms. The summed E-state index contributed by atoms with van der Waals surface area (Å²) >= 11 is 0. The number of rotatable bonds is 14. The van der Waals surface area contributed by atoms with Crippen molar-refractivity contribution in [3.05, 3.63) is 54.1 Å². The summed E-state index contributed by atoms with van der Waals surface area (Å²) in [6.07, 6.45) is 6.54.